The molecule has 0 aliphatic heterocycles. The van der Waals surface area contributed by atoms with E-state index in [1.807, 2.05) is 6.07 Å². The van der Waals surface area contributed by atoms with E-state index in [9.17, 15) is 4.39 Å². The number of hydrogen-bond donors (Lipinski definition) is 2. The van der Waals surface area contributed by atoms with Gasteiger partial charge in [0.25, 0.3) is 0 Å². The number of nitrogens with one attached hydrogen (secondary N) is 2. The summed E-state index contributed by atoms with van der Waals surface area (Å²) in [6.45, 7) is 0.333. The van der Waals surface area contributed by atoms with Crippen molar-refractivity contribution >= 4 is 17.5 Å². The second-order valence-corrected chi connectivity index (χ2v) is 5.41. The quantitative estimate of drug-likeness (QED) is 0.669. The number of halogens is 1. The Hall–Kier alpha value is -3.35. The lowest BCUT2D eigenvalue weighted by atomic mass is 10.2. The van der Waals surface area contributed by atoms with E-state index in [0.717, 1.165) is 5.69 Å². The standard InChI is InChI=1S/C19H19FN4O2/c1-25-16-8-7-14(11-17(16)26-2)23-19-21-10-9-18(24-19)22-12-13-5-3-4-6-15(13)20/h3-11H,12H2,1-2H3,(H2,21,22,23,24). The monoisotopic (exact) mass is 354 g/mol. The average molecular weight is 354 g/mol. The van der Waals surface area contributed by atoms with E-state index >= 15 is 0 Å². The van der Waals surface area contributed by atoms with Crippen LogP contribution in [-0.2, 0) is 6.54 Å². The van der Waals surface area contributed by atoms with Crippen LogP contribution in [0.25, 0.3) is 0 Å². The molecule has 1 heterocycles. The molecule has 0 spiro atoms. The summed E-state index contributed by atoms with van der Waals surface area (Å²) >= 11 is 0. The van der Waals surface area contributed by atoms with Gasteiger partial charge in [-0.15, -0.1) is 0 Å². The van der Waals surface area contributed by atoms with Crippen molar-refractivity contribution in [2.24, 2.45) is 0 Å². The summed E-state index contributed by atoms with van der Waals surface area (Å²) in [6, 6.07) is 13.8. The molecular formula is C19H19FN4O2. The van der Waals surface area contributed by atoms with Crippen molar-refractivity contribution in [1.29, 1.82) is 0 Å². The summed E-state index contributed by atoms with van der Waals surface area (Å²) < 4.78 is 24.2. The van der Waals surface area contributed by atoms with E-state index in [4.69, 9.17) is 9.47 Å². The van der Waals surface area contributed by atoms with Crippen molar-refractivity contribution in [3.8, 4) is 11.5 Å². The Labute approximate surface area is 151 Å². The molecule has 3 aromatic rings. The first kappa shape index (κ1) is 17.5. The van der Waals surface area contributed by atoms with Crippen LogP contribution in [0.2, 0.25) is 0 Å². The molecule has 6 nitrogen and oxygen atoms in total. The van der Waals surface area contributed by atoms with E-state index in [1.54, 1.807) is 56.8 Å². The van der Waals surface area contributed by atoms with Crippen molar-refractivity contribution in [2.45, 2.75) is 6.54 Å². The van der Waals surface area contributed by atoms with Gasteiger partial charge in [0.1, 0.15) is 11.6 Å². The first-order valence-electron chi connectivity index (χ1n) is 7.99. The lowest BCUT2D eigenvalue weighted by Crippen LogP contribution is -2.05. The zero-order chi connectivity index (χ0) is 18.4. The topological polar surface area (TPSA) is 68.3 Å². The smallest absolute Gasteiger partial charge is 0.229 e. The summed E-state index contributed by atoms with van der Waals surface area (Å²) in [7, 11) is 3.16. The second-order valence-electron chi connectivity index (χ2n) is 5.41. The summed E-state index contributed by atoms with van der Waals surface area (Å²) in [5.41, 5.74) is 1.33. The minimum Gasteiger partial charge on any atom is -0.493 e. The molecule has 0 amide bonds. The van der Waals surface area contributed by atoms with Gasteiger partial charge in [0.15, 0.2) is 11.5 Å². The van der Waals surface area contributed by atoms with Crippen LogP contribution in [0.5, 0.6) is 11.5 Å². The molecule has 0 unspecified atom stereocenters. The van der Waals surface area contributed by atoms with Crippen molar-refractivity contribution in [1.82, 2.24) is 9.97 Å². The highest BCUT2D eigenvalue weighted by Gasteiger charge is 2.07. The number of rotatable bonds is 7. The highest BCUT2D eigenvalue weighted by molar-refractivity contribution is 5.60. The fourth-order valence-corrected chi connectivity index (χ4v) is 2.39. The lowest BCUT2D eigenvalue weighted by Gasteiger charge is -2.11. The van der Waals surface area contributed by atoms with Gasteiger partial charge in [0, 0.05) is 30.1 Å². The second kappa shape index (κ2) is 8.15. The number of methoxy groups -OCH3 is 2. The molecule has 0 fully saturated rings. The number of benzene rings is 2. The van der Waals surface area contributed by atoms with Crippen LogP contribution in [0.15, 0.2) is 54.7 Å². The average Bonchev–Trinajstić information content (AvgIpc) is 2.67. The maximum Gasteiger partial charge on any atom is 0.229 e. The first-order chi connectivity index (χ1) is 12.7. The predicted molar refractivity (Wildman–Crippen MR) is 98.6 cm³/mol. The van der Waals surface area contributed by atoms with Gasteiger partial charge in [0.2, 0.25) is 5.95 Å². The zero-order valence-corrected chi connectivity index (χ0v) is 14.5. The summed E-state index contributed by atoms with van der Waals surface area (Å²) in [4.78, 5) is 8.58. The molecule has 0 radical (unpaired) electrons. The Balaban J connectivity index is 1.70. The molecule has 134 valence electrons. The molecule has 0 bridgehead atoms. The van der Waals surface area contributed by atoms with Crippen molar-refractivity contribution in [2.75, 3.05) is 24.9 Å². The molecule has 0 atom stereocenters. The number of nitrogens with zero attached hydrogens (tertiary/aromatic N) is 2. The van der Waals surface area contributed by atoms with Gasteiger partial charge in [-0.3, -0.25) is 0 Å². The fourth-order valence-electron chi connectivity index (χ4n) is 2.39. The Bertz CT molecular complexity index is 889. The molecule has 1 aromatic heterocycles. The van der Waals surface area contributed by atoms with Gasteiger partial charge < -0.3 is 20.1 Å². The maximum atomic E-state index is 13.7. The fraction of sp³-hybridized carbons (Fsp3) is 0.158. The van der Waals surface area contributed by atoms with Gasteiger partial charge in [-0.1, -0.05) is 18.2 Å². The minimum atomic E-state index is -0.252. The number of ether oxygens (including phenoxy) is 2. The van der Waals surface area contributed by atoms with Crippen molar-refractivity contribution in [3.63, 3.8) is 0 Å². The van der Waals surface area contributed by atoms with Crippen molar-refractivity contribution < 1.29 is 13.9 Å². The maximum absolute atomic E-state index is 13.7. The van der Waals surface area contributed by atoms with Crippen LogP contribution in [0.3, 0.4) is 0 Å². The normalized spacial score (nSPS) is 10.3. The molecule has 0 aliphatic carbocycles. The zero-order valence-electron chi connectivity index (χ0n) is 14.5. The molecule has 0 saturated carbocycles. The van der Waals surface area contributed by atoms with Crippen LogP contribution in [0.4, 0.5) is 21.8 Å². The van der Waals surface area contributed by atoms with Crippen LogP contribution in [0.1, 0.15) is 5.56 Å². The Kier molecular flexibility index (Phi) is 5.48. The van der Waals surface area contributed by atoms with Crippen LogP contribution >= 0.6 is 0 Å². The third-order valence-corrected chi connectivity index (χ3v) is 3.71. The van der Waals surface area contributed by atoms with E-state index in [1.165, 1.54) is 6.07 Å². The Morgan fingerprint density at radius 2 is 1.81 bits per heavy atom. The predicted octanol–water partition coefficient (Wildman–Crippen LogP) is 3.99. The number of aromatic nitrogens is 2. The highest BCUT2D eigenvalue weighted by atomic mass is 19.1. The molecule has 2 aromatic carbocycles. The SMILES string of the molecule is COc1ccc(Nc2nccc(NCc3ccccc3F)n2)cc1OC. The van der Waals surface area contributed by atoms with Gasteiger partial charge in [-0.2, -0.15) is 4.98 Å². The molecule has 0 saturated heterocycles. The molecule has 0 aliphatic rings. The third-order valence-electron chi connectivity index (χ3n) is 3.71. The number of hydrogen-bond acceptors (Lipinski definition) is 6. The Morgan fingerprint density at radius 1 is 1.00 bits per heavy atom. The minimum absolute atomic E-state index is 0.252. The van der Waals surface area contributed by atoms with E-state index in [0.29, 0.717) is 35.4 Å². The van der Waals surface area contributed by atoms with E-state index in [-0.39, 0.29) is 5.82 Å². The molecule has 26 heavy (non-hydrogen) atoms. The summed E-state index contributed by atoms with van der Waals surface area (Å²) in [5, 5.41) is 6.20. The van der Waals surface area contributed by atoms with Crippen LogP contribution < -0.4 is 20.1 Å². The third kappa shape index (κ3) is 4.18. The summed E-state index contributed by atoms with van der Waals surface area (Å²) in [6.07, 6.45) is 1.62. The van der Waals surface area contributed by atoms with Crippen LogP contribution in [0, 0.1) is 5.82 Å². The van der Waals surface area contributed by atoms with Crippen LogP contribution in [-0.4, -0.2) is 24.2 Å². The number of anilines is 3. The first-order valence-corrected chi connectivity index (χ1v) is 7.99. The van der Waals surface area contributed by atoms with Gasteiger partial charge in [-0.05, 0) is 24.3 Å². The van der Waals surface area contributed by atoms with Gasteiger partial charge in [0.05, 0.1) is 14.2 Å². The van der Waals surface area contributed by atoms with Gasteiger partial charge in [-0.25, -0.2) is 9.37 Å². The van der Waals surface area contributed by atoms with Gasteiger partial charge >= 0.3 is 0 Å². The Morgan fingerprint density at radius 3 is 2.58 bits per heavy atom. The summed E-state index contributed by atoms with van der Waals surface area (Å²) in [5.74, 6) is 1.99. The molecule has 3 rings (SSSR count). The largest absolute Gasteiger partial charge is 0.493 e. The van der Waals surface area contributed by atoms with Crippen molar-refractivity contribution in [3.05, 3.63) is 66.1 Å². The molecule has 7 heteroatoms. The van der Waals surface area contributed by atoms with E-state index in [2.05, 4.69) is 20.6 Å². The molecular weight excluding hydrogens is 335 g/mol. The van der Waals surface area contributed by atoms with E-state index < -0.39 is 0 Å². The lowest BCUT2D eigenvalue weighted by molar-refractivity contribution is 0.355. The molecule has 2 N–H and O–H groups in total. The highest BCUT2D eigenvalue weighted by Crippen LogP contribution is 2.30.